The molecular formula is C11H24ClP. The Morgan fingerprint density at radius 3 is 2.08 bits per heavy atom. The van der Waals surface area contributed by atoms with E-state index < -0.39 is 0 Å². The Morgan fingerprint density at radius 2 is 1.62 bits per heavy atom. The molecule has 0 aromatic carbocycles. The Hall–Kier alpha value is 0.720. The monoisotopic (exact) mass is 222 g/mol. The second-order valence-electron chi connectivity index (χ2n) is 4.24. The molecule has 0 spiro atoms. The maximum atomic E-state index is 2.44. The summed E-state index contributed by atoms with van der Waals surface area (Å²) in [5.41, 5.74) is 0. The predicted octanol–water partition coefficient (Wildman–Crippen LogP) is 1.01. The van der Waals surface area contributed by atoms with Crippen LogP contribution in [0.25, 0.3) is 0 Å². The lowest BCUT2D eigenvalue weighted by Gasteiger charge is -2.29. The molecule has 0 aromatic rings. The molecule has 80 valence electrons. The fourth-order valence-corrected chi connectivity index (χ4v) is 6.77. The highest BCUT2D eigenvalue weighted by molar-refractivity contribution is 7.75. The molecule has 1 saturated heterocycles. The van der Waals surface area contributed by atoms with Crippen LogP contribution in [0.4, 0.5) is 0 Å². The van der Waals surface area contributed by atoms with Crippen LogP contribution in [0.2, 0.25) is 0 Å². The summed E-state index contributed by atoms with van der Waals surface area (Å²) in [5.74, 6) is 0. The van der Waals surface area contributed by atoms with Gasteiger partial charge in [0.15, 0.2) is 0 Å². The number of hydrogen-bond acceptors (Lipinski definition) is 0. The van der Waals surface area contributed by atoms with E-state index in [0.29, 0.717) is 0 Å². The molecule has 0 N–H and O–H groups in total. The molecule has 1 aliphatic heterocycles. The Morgan fingerprint density at radius 1 is 1.00 bits per heavy atom. The molecule has 1 rings (SSSR count). The second-order valence-corrected chi connectivity index (χ2v) is 8.90. The predicted molar refractivity (Wildman–Crippen MR) is 60.8 cm³/mol. The molecule has 0 aliphatic carbocycles. The van der Waals surface area contributed by atoms with Gasteiger partial charge in [-0.05, 0) is 32.6 Å². The first-order chi connectivity index (χ1) is 5.83. The summed E-state index contributed by atoms with van der Waals surface area (Å²) in [5, 5.41) is 0. The summed E-state index contributed by atoms with van der Waals surface area (Å²) < 4.78 is 0. The van der Waals surface area contributed by atoms with Crippen LogP contribution in [0.1, 0.15) is 46.0 Å². The first kappa shape index (κ1) is 13.7. The summed E-state index contributed by atoms with van der Waals surface area (Å²) in [6.45, 7) is 4.77. The van der Waals surface area contributed by atoms with E-state index >= 15 is 0 Å². The van der Waals surface area contributed by atoms with Crippen molar-refractivity contribution in [2.45, 2.75) is 46.0 Å². The highest BCUT2D eigenvalue weighted by atomic mass is 35.5. The Kier molecular flexibility index (Phi) is 7.46. The van der Waals surface area contributed by atoms with Crippen molar-refractivity contribution >= 4 is 7.26 Å². The quantitative estimate of drug-likeness (QED) is 0.623. The third kappa shape index (κ3) is 4.17. The summed E-state index contributed by atoms with van der Waals surface area (Å²) in [6, 6.07) is 0. The highest BCUT2D eigenvalue weighted by Gasteiger charge is 2.35. The summed E-state index contributed by atoms with van der Waals surface area (Å²) >= 11 is 0. The zero-order valence-corrected chi connectivity index (χ0v) is 10.8. The first-order valence-corrected chi connectivity index (χ1v) is 8.21. The normalized spacial score (nSPS) is 20.8. The van der Waals surface area contributed by atoms with Gasteiger partial charge in [-0.2, -0.15) is 0 Å². The van der Waals surface area contributed by atoms with Gasteiger partial charge >= 0.3 is 0 Å². The maximum absolute atomic E-state index is 2.44. The average molecular weight is 223 g/mol. The van der Waals surface area contributed by atoms with E-state index in [9.17, 15) is 0 Å². The van der Waals surface area contributed by atoms with Crippen LogP contribution in [-0.2, 0) is 0 Å². The smallest absolute Gasteiger partial charge is 0.0594 e. The molecule has 2 heteroatoms. The van der Waals surface area contributed by atoms with Crippen molar-refractivity contribution in [3.63, 3.8) is 0 Å². The van der Waals surface area contributed by atoms with Gasteiger partial charge in [-0.1, -0.05) is 13.3 Å². The van der Waals surface area contributed by atoms with E-state index in [-0.39, 0.29) is 19.7 Å². The Bertz CT molecular complexity index is 119. The zero-order valence-electron chi connectivity index (χ0n) is 9.19. The van der Waals surface area contributed by atoms with E-state index in [2.05, 4.69) is 13.8 Å². The Balaban J connectivity index is 0.00000144. The van der Waals surface area contributed by atoms with Gasteiger partial charge < -0.3 is 12.4 Å². The topological polar surface area (TPSA) is 0 Å². The molecule has 1 heterocycles. The van der Waals surface area contributed by atoms with E-state index in [0.717, 1.165) is 0 Å². The van der Waals surface area contributed by atoms with Crippen LogP contribution < -0.4 is 12.4 Å². The minimum atomic E-state index is -0.388. The molecule has 0 nitrogen and oxygen atoms in total. The molecular weight excluding hydrogens is 199 g/mol. The fraction of sp³-hybridized carbons (Fsp3) is 1.00. The van der Waals surface area contributed by atoms with Crippen molar-refractivity contribution in [1.82, 2.24) is 0 Å². The lowest BCUT2D eigenvalue weighted by molar-refractivity contribution is -0.00000277. The molecule has 0 aromatic heterocycles. The summed E-state index contributed by atoms with van der Waals surface area (Å²) in [6.07, 6.45) is 13.9. The van der Waals surface area contributed by atoms with Crippen molar-refractivity contribution in [2.75, 3.05) is 24.6 Å². The van der Waals surface area contributed by atoms with Gasteiger partial charge in [-0.15, -0.1) is 0 Å². The lowest BCUT2D eigenvalue weighted by Crippen LogP contribution is -3.00. The third-order valence-electron chi connectivity index (χ3n) is 3.42. The number of unbranched alkanes of at least 4 members (excludes halogenated alkanes) is 1. The fourth-order valence-electron chi connectivity index (χ4n) is 2.37. The van der Waals surface area contributed by atoms with Gasteiger partial charge in [0.1, 0.15) is 0 Å². The molecule has 1 aliphatic rings. The van der Waals surface area contributed by atoms with Gasteiger partial charge in [0.2, 0.25) is 0 Å². The van der Waals surface area contributed by atoms with Crippen LogP contribution >= 0.6 is 7.26 Å². The second kappa shape index (κ2) is 7.07. The van der Waals surface area contributed by atoms with Crippen molar-refractivity contribution in [3.05, 3.63) is 0 Å². The molecule has 0 radical (unpaired) electrons. The number of rotatable bonds is 4. The van der Waals surface area contributed by atoms with Crippen molar-refractivity contribution < 1.29 is 12.4 Å². The number of halogens is 1. The van der Waals surface area contributed by atoms with E-state index in [1.807, 2.05) is 0 Å². The maximum Gasteiger partial charge on any atom is 0.0594 e. The largest absolute Gasteiger partial charge is 1.00 e. The zero-order chi connectivity index (χ0) is 8.86. The molecule has 1 fully saturated rings. The molecule has 0 unspecified atom stereocenters. The molecule has 0 amide bonds. The van der Waals surface area contributed by atoms with Crippen LogP contribution in [0, 0.1) is 0 Å². The SMILES string of the molecule is CCCC[P+]1(CC)CCCCC1.[Cl-]. The van der Waals surface area contributed by atoms with Gasteiger partial charge in [0.25, 0.3) is 0 Å². The minimum Gasteiger partial charge on any atom is -1.00 e. The van der Waals surface area contributed by atoms with E-state index in [1.165, 1.54) is 25.4 Å². The van der Waals surface area contributed by atoms with Crippen LogP contribution in [-0.4, -0.2) is 24.6 Å². The molecule has 13 heavy (non-hydrogen) atoms. The van der Waals surface area contributed by atoms with Crippen LogP contribution in [0.15, 0.2) is 0 Å². The third-order valence-corrected chi connectivity index (χ3v) is 8.56. The van der Waals surface area contributed by atoms with Gasteiger partial charge in [-0.3, -0.25) is 0 Å². The minimum absolute atomic E-state index is 0. The van der Waals surface area contributed by atoms with Gasteiger partial charge in [-0.25, -0.2) is 0 Å². The molecule has 0 atom stereocenters. The van der Waals surface area contributed by atoms with Crippen molar-refractivity contribution in [2.24, 2.45) is 0 Å². The summed E-state index contributed by atoms with van der Waals surface area (Å²) in [7, 11) is -0.388. The molecule has 0 bridgehead atoms. The highest BCUT2D eigenvalue weighted by Crippen LogP contribution is 2.62. The first-order valence-electron chi connectivity index (χ1n) is 5.68. The molecule has 0 saturated carbocycles. The summed E-state index contributed by atoms with van der Waals surface area (Å²) in [4.78, 5) is 0. The van der Waals surface area contributed by atoms with Crippen LogP contribution in [0.5, 0.6) is 0 Å². The van der Waals surface area contributed by atoms with Gasteiger partial charge in [0.05, 0.1) is 24.6 Å². The van der Waals surface area contributed by atoms with E-state index in [1.54, 1.807) is 31.3 Å². The number of hydrogen-bond donors (Lipinski definition) is 0. The standard InChI is InChI=1S/C11H24P.ClH/c1-3-5-9-12(4-2)10-7-6-8-11-12;/h3-11H2,1-2H3;1H/q+1;/p-1. The Labute approximate surface area is 90.6 Å². The van der Waals surface area contributed by atoms with Crippen LogP contribution in [0.3, 0.4) is 0 Å². The lowest BCUT2D eigenvalue weighted by atomic mass is 10.3. The average Bonchev–Trinajstić information content (AvgIpc) is 2.16. The van der Waals surface area contributed by atoms with E-state index in [4.69, 9.17) is 0 Å². The van der Waals surface area contributed by atoms with Crippen molar-refractivity contribution in [1.29, 1.82) is 0 Å². The van der Waals surface area contributed by atoms with Gasteiger partial charge in [0, 0.05) is 7.26 Å². The van der Waals surface area contributed by atoms with Crippen molar-refractivity contribution in [3.8, 4) is 0 Å².